The van der Waals surface area contributed by atoms with Crippen LogP contribution in [0.1, 0.15) is 36.3 Å². The molecule has 0 aliphatic heterocycles. The van der Waals surface area contributed by atoms with E-state index < -0.39 is 0 Å². The highest BCUT2D eigenvalue weighted by Gasteiger charge is 2.08. The summed E-state index contributed by atoms with van der Waals surface area (Å²) in [6.07, 6.45) is 3.73. The summed E-state index contributed by atoms with van der Waals surface area (Å²) in [5.41, 5.74) is 2.66. The first-order valence-corrected chi connectivity index (χ1v) is 6.83. The van der Waals surface area contributed by atoms with Gasteiger partial charge in [0, 0.05) is 26.1 Å². The van der Waals surface area contributed by atoms with Gasteiger partial charge in [0.25, 0.3) is 0 Å². The molecule has 1 N–H and O–H groups in total. The Balaban J connectivity index is 1.89. The molecular weight excluding hydrogens is 236 g/mol. The molecule has 0 saturated heterocycles. The van der Waals surface area contributed by atoms with Crippen molar-refractivity contribution in [2.75, 3.05) is 6.54 Å². The number of aryl methyl sites for hydroxylation is 2. The lowest BCUT2D eigenvalue weighted by molar-refractivity contribution is 0.515. The normalized spacial score (nSPS) is 12.6. The number of nitrogens with one attached hydrogen (secondary N) is 1. The van der Waals surface area contributed by atoms with E-state index in [1.807, 2.05) is 11.6 Å². The largest absolute Gasteiger partial charge is 0.321 e. The van der Waals surface area contributed by atoms with Crippen molar-refractivity contribution in [3.63, 3.8) is 0 Å². The molecule has 0 fully saturated rings. The second kappa shape index (κ2) is 6.48. The molecule has 4 heteroatoms. The van der Waals surface area contributed by atoms with Gasteiger partial charge in [-0.1, -0.05) is 36.8 Å². The van der Waals surface area contributed by atoms with Crippen molar-refractivity contribution in [2.45, 2.75) is 32.7 Å². The van der Waals surface area contributed by atoms with Crippen LogP contribution in [0.4, 0.5) is 0 Å². The SMILES string of the molecule is CCC(NCCc1nncn1C)c1ccc(C)cc1. The highest BCUT2D eigenvalue weighted by molar-refractivity contribution is 5.24. The first kappa shape index (κ1) is 13.7. The third kappa shape index (κ3) is 3.64. The highest BCUT2D eigenvalue weighted by atomic mass is 15.2. The smallest absolute Gasteiger partial charge is 0.133 e. The van der Waals surface area contributed by atoms with Crippen molar-refractivity contribution in [3.05, 3.63) is 47.5 Å². The number of aromatic nitrogens is 3. The lowest BCUT2D eigenvalue weighted by Gasteiger charge is -2.17. The Morgan fingerprint density at radius 3 is 2.58 bits per heavy atom. The van der Waals surface area contributed by atoms with Crippen LogP contribution >= 0.6 is 0 Å². The Kier molecular flexibility index (Phi) is 4.68. The molecule has 19 heavy (non-hydrogen) atoms. The van der Waals surface area contributed by atoms with Gasteiger partial charge >= 0.3 is 0 Å². The fraction of sp³-hybridized carbons (Fsp3) is 0.467. The van der Waals surface area contributed by atoms with E-state index in [4.69, 9.17) is 0 Å². The van der Waals surface area contributed by atoms with Crippen LogP contribution in [0.15, 0.2) is 30.6 Å². The Hall–Kier alpha value is -1.68. The summed E-state index contributed by atoms with van der Waals surface area (Å²) < 4.78 is 1.97. The van der Waals surface area contributed by atoms with E-state index in [1.54, 1.807) is 6.33 Å². The number of nitrogens with zero attached hydrogens (tertiary/aromatic N) is 3. The van der Waals surface area contributed by atoms with Crippen molar-refractivity contribution in [2.24, 2.45) is 7.05 Å². The van der Waals surface area contributed by atoms with Gasteiger partial charge in [-0.15, -0.1) is 10.2 Å². The number of benzene rings is 1. The number of hydrogen-bond donors (Lipinski definition) is 1. The second-order valence-electron chi connectivity index (χ2n) is 4.93. The summed E-state index contributed by atoms with van der Waals surface area (Å²) in [7, 11) is 1.98. The van der Waals surface area contributed by atoms with Crippen molar-refractivity contribution in [1.29, 1.82) is 0 Å². The molecule has 0 amide bonds. The topological polar surface area (TPSA) is 42.7 Å². The van der Waals surface area contributed by atoms with Gasteiger partial charge in [0.05, 0.1) is 0 Å². The molecule has 0 aliphatic carbocycles. The zero-order chi connectivity index (χ0) is 13.7. The molecule has 0 spiro atoms. The minimum Gasteiger partial charge on any atom is -0.321 e. The molecule has 0 aliphatic rings. The monoisotopic (exact) mass is 258 g/mol. The van der Waals surface area contributed by atoms with Gasteiger partial charge in [-0.2, -0.15) is 0 Å². The Bertz CT molecular complexity index is 501. The first-order valence-electron chi connectivity index (χ1n) is 6.83. The van der Waals surface area contributed by atoms with Crippen LogP contribution in [0.3, 0.4) is 0 Å². The average molecular weight is 258 g/mol. The standard InChI is InChI=1S/C15H22N4/c1-4-14(13-7-5-12(2)6-8-13)16-10-9-15-18-17-11-19(15)3/h5-8,11,14,16H,4,9-10H2,1-3H3. The fourth-order valence-electron chi connectivity index (χ4n) is 2.19. The molecule has 102 valence electrons. The molecule has 0 saturated carbocycles. The van der Waals surface area contributed by atoms with Crippen LogP contribution in [0.25, 0.3) is 0 Å². The van der Waals surface area contributed by atoms with Crippen LogP contribution in [0, 0.1) is 6.92 Å². The molecule has 1 atom stereocenters. The lowest BCUT2D eigenvalue weighted by Crippen LogP contribution is -2.24. The predicted octanol–water partition coefficient (Wildman–Crippen LogP) is 2.41. The van der Waals surface area contributed by atoms with Crippen molar-refractivity contribution in [3.8, 4) is 0 Å². The van der Waals surface area contributed by atoms with E-state index in [0.717, 1.165) is 25.2 Å². The van der Waals surface area contributed by atoms with E-state index in [-0.39, 0.29) is 0 Å². The van der Waals surface area contributed by atoms with Gasteiger partial charge in [0.2, 0.25) is 0 Å². The quantitative estimate of drug-likeness (QED) is 0.865. The zero-order valence-corrected chi connectivity index (χ0v) is 11.9. The minimum atomic E-state index is 0.411. The summed E-state index contributed by atoms with van der Waals surface area (Å²) in [4.78, 5) is 0. The molecule has 0 radical (unpaired) electrons. The van der Waals surface area contributed by atoms with Gasteiger partial charge in [-0.3, -0.25) is 0 Å². The third-order valence-corrected chi connectivity index (χ3v) is 3.43. The second-order valence-corrected chi connectivity index (χ2v) is 4.93. The van der Waals surface area contributed by atoms with E-state index >= 15 is 0 Å². The average Bonchev–Trinajstić information content (AvgIpc) is 2.82. The zero-order valence-electron chi connectivity index (χ0n) is 11.9. The lowest BCUT2D eigenvalue weighted by atomic mass is 10.0. The maximum Gasteiger partial charge on any atom is 0.133 e. The molecule has 1 heterocycles. The summed E-state index contributed by atoms with van der Waals surface area (Å²) in [6, 6.07) is 9.16. The molecule has 1 aromatic heterocycles. The first-order chi connectivity index (χ1) is 9.20. The third-order valence-electron chi connectivity index (χ3n) is 3.43. The minimum absolute atomic E-state index is 0.411. The summed E-state index contributed by atoms with van der Waals surface area (Å²) in [6.45, 7) is 5.24. The Morgan fingerprint density at radius 1 is 1.26 bits per heavy atom. The summed E-state index contributed by atoms with van der Waals surface area (Å²) in [5.74, 6) is 1.02. The molecule has 2 aromatic rings. The molecule has 0 bridgehead atoms. The van der Waals surface area contributed by atoms with Crippen molar-refractivity contribution < 1.29 is 0 Å². The highest BCUT2D eigenvalue weighted by Crippen LogP contribution is 2.16. The van der Waals surface area contributed by atoms with E-state index in [9.17, 15) is 0 Å². The summed E-state index contributed by atoms with van der Waals surface area (Å²) in [5, 5.41) is 11.6. The van der Waals surface area contributed by atoms with Crippen LogP contribution in [-0.4, -0.2) is 21.3 Å². The van der Waals surface area contributed by atoms with Crippen LogP contribution in [-0.2, 0) is 13.5 Å². The number of hydrogen-bond acceptors (Lipinski definition) is 3. The van der Waals surface area contributed by atoms with E-state index in [2.05, 4.69) is 53.6 Å². The van der Waals surface area contributed by atoms with Gasteiger partial charge in [-0.25, -0.2) is 0 Å². The predicted molar refractivity (Wildman–Crippen MR) is 76.9 cm³/mol. The maximum atomic E-state index is 4.10. The van der Waals surface area contributed by atoms with Gasteiger partial charge in [0.1, 0.15) is 12.2 Å². The Morgan fingerprint density at radius 2 is 2.00 bits per heavy atom. The van der Waals surface area contributed by atoms with Crippen LogP contribution in [0.2, 0.25) is 0 Å². The summed E-state index contributed by atoms with van der Waals surface area (Å²) >= 11 is 0. The molecular formula is C15H22N4. The van der Waals surface area contributed by atoms with Gasteiger partial charge in [-0.05, 0) is 18.9 Å². The van der Waals surface area contributed by atoms with Gasteiger partial charge < -0.3 is 9.88 Å². The van der Waals surface area contributed by atoms with Crippen LogP contribution < -0.4 is 5.32 Å². The fourth-order valence-corrected chi connectivity index (χ4v) is 2.19. The van der Waals surface area contributed by atoms with Gasteiger partial charge in [0.15, 0.2) is 0 Å². The number of rotatable bonds is 6. The molecule has 1 aromatic carbocycles. The van der Waals surface area contributed by atoms with E-state index in [0.29, 0.717) is 6.04 Å². The van der Waals surface area contributed by atoms with Crippen molar-refractivity contribution >= 4 is 0 Å². The maximum absolute atomic E-state index is 4.10. The molecule has 2 rings (SSSR count). The molecule has 4 nitrogen and oxygen atoms in total. The Labute approximate surface area is 114 Å². The van der Waals surface area contributed by atoms with Crippen LogP contribution in [0.5, 0.6) is 0 Å². The van der Waals surface area contributed by atoms with E-state index in [1.165, 1.54) is 11.1 Å². The molecule has 1 unspecified atom stereocenters. The van der Waals surface area contributed by atoms with Crippen molar-refractivity contribution in [1.82, 2.24) is 20.1 Å².